The maximum Gasteiger partial charge on any atom is 0.134 e. The number of nitrogens with zero attached hydrogens (tertiary/aromatic N) is 2. The Hall–Kier alpha value is -1.90. The van der Waals surface area contributed by atoms with Crippen LogP contribution in [0, 0.1) is 18.8 Å². The molecule has 0 saturated heterocycles. The lowest BCUT2D eigenvalue weighted by Crippen LogP contribution is -2.14. The van der Waals surface area contributed by atoms with Gasteiger partial charge in [0.1, 0.15) is 11.6 Å². The number of anilines is 1. The van der Waals surface area contributed by atoms with Crippen LogP contribution >= 0.6 is 0 Å². The van der Waals surface area contributed by atoms with Crippen LogP contribution in [0.5, 0.6) is 0 Å². The van der Waals surface area contributed by atoms with E-state index < -0.39 is 0 Å². The van der Waals surface area contributed by atoms with E-state index in [4.69, 9.17) is 10.7 Å². The van der Waals surface area contributed by atoms with Gasteiger partial charge in [0, 0.05) is 17.0 Å². The Morgan fingerprint density at radius 3 is 2.52 bits per heavy atom. The number of benzene rings is 1. The van der Waals surface area contributed by atoms with Crippen LogP contribution in [0.25, 0.3) is 11.3 Å². The lowest BCUT2D eigenvalue weighted by atomic mass is 9.88. The van der Waals surface area contributed by atoms with Crippen molar-refractivity contribution in [2.75, 3.05) is 5.73 Å². The molecule has 2 aliphatic rings. The normalized spacial score (nSPS) is 27.2. The Morgan fingerprint density at radius 2 is 1.86 bits per heavy atom. The first-order valence-corrected chi connectivity index (χ1v) is 7.92. The molecule has 0 radical (unpaired) electrons. The number of nitrogens with two attached hydrogens (primary N) is 1. The Morgan fingerprint density at radius 1 is 1.05 bits per heavy atom. The third kappa shape index (κ3) is 2.11. The van der Waals surface area contributed by atoms with Crippen molar-refractivity contribution in [3.05, 3.63) is 41.7 Å². The van der Waals surface area contributed by atoms with Gasteiger partial charge in [0.2, 0.25) is 0 Å². The summed E-state index contributed by atoms with van der Waals surface area (Å²) in [5.74, 6) is 3.81. The van der Waals surface area contributed by atoms with Crippen molar-refractivity contribution in [1.82, 2.24) is 9.97 Å². The predicted octanol–water partition coefficient (Wildman–Crippen LogP) is 3.94. The molecule has 2 bridgehead atoms. The van der Waals surface area contributed by atoms with Crippen LogP contribution in [-0.2, 0) is 0 Å². The van der Waals surface area contributed by atoms with E-state index in [1.807, 2.05) is 25.1 Å². The molecular weight excluding hydrogens is 258 g/mol. The van der Waals surface area contributed by atoms with Crippen LogP contribution in [0.2, 0.25) is 0 Å². The van der Waals surface area contributed by atoms with Gasteiger partial charge in [-0.15, -0.1) is 0 Å². The van der Waals surface area contributed by atoms with Crippen molar-refractivity contribution in [1.29, 1.82) is 0 Å². The SMILES string of the molecule is Cc1c(N)nc(C2CC3CCC2C3)nc1-c1ccccc1. The van der Waals surface area contributed by atoms with Crippen molar-refractivity contribution in [3.63, 3.8) is 0 Å². The summed E-state index contributed by atoms with van der Waals surface area (Å²) in [6.07, 6.45) is 5.35. The highest BCUT2D eigenvalue weighted by molar-refractivity contribution is 5.67. The van der Waals surface area contributed by atoms with E-state index in [0.717, 1.165) is 34.5 Å². The van der Waals surface area contributed by atoms with Gasteiger partial charge in [0.15, 0.2) is 0 Å². The van der Waals surface area contributed by atoms with Crippen molar-refractivity contribution < 1.29 is 0 Å². The average molecular weight is 279 g/mol. The molecule has 4 rings (SSSR count). The van der Waals surface area contributed by atoms with Gasteiger partial charge in [-0.2, -0.15) is 0 Å². The molecule has 2 saturated carbocycles. The maximum atomic E-state index is 6.17. The number of rotatable bonds is 2. The fourth-order valence-corrected chi connectivity index (χ4v) is 4.16. The fraction of sp³-hybridized carbons (Fsp3) is 0.444. The summed E-state index contributed by atoms with van der Waals surface area (Å²) >= 11 is 0. The zero-order chi connectivity index (χ0) is 14.4. The van der Waals surface area contributed by atoms with Gasteiger partial charge in [-0.3, -0.25) is 0 Å². The smallest absolute Gasteiger partial charge is 0.134 e. The lowest BCUT2D eigenvalue weighted by molar-refractivity contribution is 0.406. The van der Waals surface area contributed by atoms with Gasteiger partial charge in [-0.25, -0.2) is 9.97 Å². The summed E-state index contributed by atoms with van der Waals surface area (Å²) in [6, 6.07) is 10.3. The van der Waals surface area contributed by atoms with Crippen molar-refractivity contribution in [2.24, 2.45) is 11.8 Å². The third-order valence-electron chi connectivity index (χ3n) is 5.32. The van der Waals surface area contributed by atoms with Crippen molar-refractivity contribution in [2.45, 2.75) is 38.5 Å². The number of hydrogen-bond acceptors (Lipinski definition) is 3. The first-order valence-electron chi connectivity index (χ1n) is 7.92. The molecule has 3 atom stereocenters. The van der Waals surface area contributed by atoms with Crippen LogP contribution in [0.1, 0.15) is 43.0 Å². The van der Waals surface area contributed by atoms with Gasteiger partial charge in [-0.05, 0) is 38.0 Å². The number of aromatic nitrogens is 2. The molecule has 3 nitrogen and oxygen atoms in total. The molecule has 2 aliphatic carbocycles. The summed E-state index contributed by atoms with van der Waals surface area (Å²) in [6.45, 7) is 2.02. The van der Waals surface area contributed by atoms with E-state index in [1.165, 1.54) is 25.7 Å². The van der Waals surface area contributed by atoms with Crippen LogP contribution in [0.4, 0.5) is 5.82 Å². The van der Waals surface area contributed by atoms with E-state index in [2.05, 4.69) is 17.1 Å². The lowest BCUT2D eigenvalue weighted by Gasteiger charge is -2.21. The Kier molecular flexibility index (Phi) is 2.95. The molecule has 3 unspecified atom stereocenters. The minimum atomic E-state index is 0.522. The van der Waals surface area contributed by atoms with Crippen LogP contribution in [0.3, 0.4) is 0 Å². The number of nitrogen functional groups attached to an aromatic ring is 1. The standard InChI is InChI=1S/C18H21N3/c1-11-16(13-5-3-2-4-6-13)20-18(21-17(11)19)15-10-12-7-8-14(15)9-12/h2-6,12,14-15H,7-10H2,1H3,(H2,19,20,21). The Bertz CT molecular complexity index is 666. The van der Waals surface area contributed by atoms with Crippen molar-refractivity contribution >= 4 is 5.82 Å². The van der Waals surface area contributed by atoms with Gasteiger partial charge in [0.25, 0.3) is 0 Å². The van der Waals surface area contributed by atoms with Gasteiger partial charge in [0.05, 0.1) is 5.69 Å². The zero-order valence-electron chi connectivity index (χ0n) is 12.4. The first kappa shape index (κ1) is 12.8. The van der Waals surface area contributed by atoms with Gasteiger partial charge in [-0.1, -0.05) is 36.8 Å². The second-order valence-electron chi connectivity index (χ2n) is 6.59. The Balaban J connectivity index is 1.78. The predicted molar refractivity (Wildman–Crippen MR) is 84.8 cm³/mol. The second kappa shape index (κ2) is 4.83. The largest absolute Gasteiger partial charge is 0.383 e. The van der Waals surface area contributed by atoms with Crippen LogP contribution in [-0.4, -0.2) is 9.97 Å². The number of hydrogen-bond donors (Lipinski definition) is 1. The van der Waals surface area contributed by atoms with E-state index in [0.29, 0.717) is 11.7 Å². The van der Waals surface area contributed by atoms with Gasteiger partial charge < -0.3 is 5.73 Å². The summed E-state index contributed by atoms with van der Waals surface area (Å²) in [7, 11) is 0. The highest BCUT2D eigenvalue weighted by atomic mass is 15.0. The number of fused-ring (bicyclic) bond motifs is 2. The molecule has 0 spiro atoms. The summed E-state index contributed by atoms with van der Waals surface area (Å²) in [5.41, 5.74) is 9.30. The molecule has 3 heteroatoms. The zero-order valence-corrected chi connectivity index (χ0v) is 12.4. The van der Waals surface area contributed by atoms with Crippen molar-refractivity contribution in [3.8, 4) is 11.3 Å². The van der Waals surface area contributed by atoms with Crippen LogP contribution in [0.15, 0.2) is 30.3 Å². The molecule has 21 heavy (non-hydrogen) atoms. The molecule has 2 N–H and O–H groups in total. The summed E-state index contributed by atoms with van der Waals surface area (Å²) < 4.78 is 0. The van der Waals surface area contributed by atoms with Gasteiger partial charge >= 0.3 is 0 Å². The molecular formula is C18H21N3. The first-order chi connectivity index (χ1) is 10.2. The second-order valence-corrected chi connectivity index (χ2v) is 6.59. The molecule has 2 fully saturated rings. The molecule has 0 amide bonds. The van der Waals surface area contributed by atoms with E-state index in [9.17, 15) is 0 Å². The molecule has 108 valence electrons. The maximum absolute atomic E-state index is 6.17. The molecule has 0 aliphatic heterocycles. The fourth-order valence-electron chi connectivity index (χ4n) is 4.16. The minimum absolute atomic E-state index is 0.522. The molecule has 1 heterocycles. The average Bonchev–Trinajstić information content (AvgIpc) is 3.13. The highest BCUT2D eigenvalue weighted by Gasteiger charge is 2.41. The minimum Gasteiger partial charge on any atom is -0.383 e. The topological polar surface area (TPSA) is 51.8 Å². The Labute approximate surface area is 125 Å². The van der Waals surface area contributed by atoms with E-state index in [-0.39, 0.29) is 0 Å². The van der Waals surface area contributed by atoms with E-state index >= 15 is 0 Å². The summed E-state index contributed by atoms with van der Waals surface area (Å²) in [4.78, 5) is 9.54. The van der Waals surface area contributed by atoms with E-state index in [1.54, 1.807) is 0 Å². The third-order valence-corrected chi connectivity index (χ3v) is 5.32. The monoisotopic (exact) mass is 279 g/mol. The highest BCUT2D eigenvalue weighted by Crippen LogP contribution is 2.52. The molecule has 1 aromatic heterocycles. The molecule has 2 aromatic rings. The quantitative estimate of drug-likeness (QED) is 0.906. The van der Waals surface area contributed by atoms with Crippen LogP contribution < -0.4 is 5.73 Å². The molecule has 1 aromatic carbocycles. The summed E-state index contributed by atoms with van der Waals surface area (Å²) in [5, 5.41) is 0.